The highest BCUT2D eigenvalue weighted by Crippen LogP contribution is 2.55. The maximum Gasteiger partial charge on any atom is 0.0518 e. The van der Waals surface area contributed by atoms with Gasteiger partial charge in [-0.15, -0.1) is 0 Å². The van der Waals surface area contributed by atoms with Crippen molar-refractivity contribution in [3.05, 3.63) is 0 Å². The van der Waals surface area contributed by atoms with Gasteiger partial charge in [0.15, 0.2) is 0 Å². The first kappa shape index (κ1) is 44.9. The van der Waals surface area contributed by atoms with E-state index in [1.807, 2.05) is 0 Å². The van der Waals surface area contributed by atoms with Crippen LogP contribution < -0.4 is 0 Å². The lowest BCUT2D eigenvalue weighted by molar-refractivity contribution is -0.129. The van der Waals surface area contributed by atoms with Gasteiger partial charge in [0, 0.05) is 12.0 Å². The number of aliphatic hydroxyl groups excluding tert-OH is 3. The second-order valence-corrected chi connectivity index (χ2v) is 15.1. The molecule has 0 heterocycles. The van der Waals surface area contributed by atoms with Crippen LogP contribution in [0.5, 0.6) is 0 Å². The van der Waals surface area contributed by atoms with Gasteiger partial charge in [-0.2, -0.15) is 0 Å². The van der Waals surface area contributed by atoms with Gasteiger partial charge >= 0.3 is 0 Å². The van der Waals surface area contributed by atoms with E-state index in [0.717, 1.165) is 32.1 Å². The van der Waals surface area contributed by atoms with Crippen molar-refractivity contribution in [2.75, 3.05) is 19.8 Å². The molecule has 0 aromatic rings. The SMILES string of the molecule is CCCCCCCCCCCCC(CC)(CCCCCCCCCCCC)C(CO)(CO)C(CO)CCCCCCCCCC. The van der Waals surface area contributed by atoms with E-state index in [4.69, 9.17) is 0 Å². The molecule has 272 valence electrons. The van der Waals surface area contributed by atoms with Gasteiger partial charge in [-0.05, 0) is 37.0 Å². The van der Waals surface area contributed by atoms with Crippen LogP contribution in [0.25, 0.3) is 0 Å². The summed E-state index contributed by atoms with van der Waals surface area (Å²) >= 11 is 0. The molecule has 0 spiro atoms. The number of hydrogen-bond acceptors (Lipinski definition) is 3. The molecular formula is C42H86O3. The van der Waals surface area contributed by atoms with Crippen molar-refractivity contribution in [1.29, 1.82) is 0 Å². The smallest absolute Gasteiger partial charge is 0.0518 e. The number of unbranched alkanes of at least 4 members (excludes halogenated alkanes) is 25. The molecule has 45 heavy (non-hydrogen) atoms. The van der Waals surface area contributed by atoms with E-state index in [1.54, 1.807) is 0 Å². The molecule has 0 radical (unpaired) electrons. The Hall–Kier alpha value is -0.120. The molecule has 3 N–H and O–H groups in total. The summed E-state index contributed by atoms with van der Waals surface area (Å²) in [5.41, 5.74) is -0.708. The zero-order chi connectivity index (χ0) is 33.3. The molecule has 0 fully saturated rings. The highest BCUT2D eigenvalue weighted by molar-refractivity contribution is 5.01. The molecule has 0 aliphatic heterocycles. The van der Waals surface area contributed by atoms with Crippen LogP contribution >= 0.6 is 0 Å². The molecule has 0 amide bonds. The monoisotopic (exact) mass is 639 g/mol. The second-order valence-electron chi connectivity index (χ2n) is 15.1. The van der Waals surface area contributed by atoms with Gasteiger partial charge in [-0.3, -0.25) is 0 Å². The average molecular weight is 639 g/mol. The quantitative estimate of drug-likeness (QED) is 0.0593. The molecule has 1 atom stereocenters. The molecule has 0 aliphatic carbocycles. The Morgan fingerprint density at radius 2 is 0.667 bits per heavy atom. The Balaban J connectivity index is 5.24. The van der Waals surface area contributed by atoms with Crippen LogP contribution in [0.1, 0.15) is 233 Å². The topological polar surface area (TPSA) is 60.7 Å². The van der Waals surface area contributed by atoms with E-state index in [2.05, 4.69) is 27.7 Å². The van der Waals surface area contributed by atoms with Crippen LogP contribution in [0.4, 0.5) is 0 Å². The summed E-state index contributed by atoms with van der Waals surface area (Å²) in [6.07, 6.45) is 40.9. The summed E-state index contributed by atoms with van der Waals surface area (Å²) in [6, 6.07) is 0. The first-order valence-corrected chi connectivity index (χ1v) is 20.9. The van der Waals surface area contributed by atoms with Crippen molar-refractivity contribution < 1.29 is 15.3 Å². The largest absolute Gasteiger partial charge is 0.396 e. The van der Waals surface area contributed by atoms with Gasteiger partial charge in [0.05, 0.1) is 13.2 Å². The molecule has 3 nitrogen and oxygen atoms in total. The summed E-state index contributed by atoms with van der Waals surface area (Å²) in [5.74, 6) is -0.0289. The highest BCUT2D eigenvalue weighted by Gasteiger charge is 2.52. The van der Waals surface area contributed by atoms with Crippen LogP contribution in [-0.2, 0) is 0 Å². The second kappa shape index (κ2) is 32.4. The molecule has 0 bridgehead atoms. The molecule has 0 aromatic carbocycles. The van der Waals surface area contributed by atoms with Crippen LogP contribution in [0.2, 0.25) is 0 Å². The Labute approximate surface area is 284 Å². The molecule has 0 saturated carbocycles. The molecule has 0 saturated heterocycles. The van der Waals surface area contributed by atoms with E-state index in [0.29, 0.717) is 0 Å². The molecule has 3 heteroatoms. The van der Waals surface area contributed by atoms with Crippen molar-refractivity contribution in [2.45, 2.75) is 233 Å². The first-order valence-electron chi connectivity index (χ1n) is 20.9. The van der Waals surface area contributed by atoms with E-state index < -0.39 is 5.41 Å². The Kier molecular flexibility index (Phi) is 32.3. The van der Waals surface area contributed by atoms with Crippen molar-refractivity contribution in [1.82, 2.24) is 0 Å². The molecular weight excluding hydrogens is 552 g/mol. The summed E-state index contributed by atoms with van der Waals surface area (Å²) < 4.78 is 0. The molecule has 0 aliphatic rings. The van der Waals surface area contributed by atoms with Gasteiger partial charge in [0.2, 0.25) is 0 Å². The zero-order valence-corrected chi connectivity index (χ0v) is 31.7. The van der Waals surface area contributed by atoms with Crippen molar-refractivity contribution in [3.63, 3.8) is 0 Å². The lowest BCUT2D eigenvalue weighted by Gasteiger charge is -2.53. The summed E-state index contributed by atoms with van der Waals surface area (Å²) in [5, 5.41) is 33.0. The standard InChI is InChI=1S/C42H86O3/c1-5-9-12-15-18-21-23-26-29-32-35-41(8-4,36-33-30-27-24-22-19-16-13-10-6-2)42(38-44,39-45)40(37-43)34-31-28-25-20-17-14-11-7-3/h40,43-45H,5-39H2,1-4H3. The fraction of sp³-hybridized carbons (Fsp3) is 1.00. The third kappa shape index (κ3) is 20.1. The van der Waals surface area contributed by atoms with Crippen molar-refractivity contribution >= 4 is 0 Å². The fourth-order valence-corrected chi connectivity index (χ4v) is 8.37. The van der Waals surface area contributed by atoms with Crippen LogP contribution in [0.15, 0.2) is 0 Å². The van der Waals surface area contributed by atoms with E-state index in [-0.39, 0.29) is 31.2 Å². The van der Waals surface area contributed by atoms with E-state index >= 15 is 0 Å². The Bertz CT molecular complexity index is 548. The number of rotatable bonds is 37. The van der Waals surface area contributed by atoms with E-state index in [1.165, 1.54) is 173 Å². The predicted octanol–water partition coefficient (Wildman–Crippen LogP) is 13.1. The van der Waals surface area contributed by atoms with Gasteiger partial charge in [0.25, 0.3) is 0 Å². The molecule has 0 aromatic heterocycles. The normalized spacial score (nSPS) is 13.1. The predicted molar refractivity (Wildman–Crippen MR) is 200 cm³/mol. The van der Waals surface area contributed by atoms with Crippen LogP contribution in [0, 0.1) is 16.7 Å². The summed E-state index contributed by atoms with van der Waals surface area (Å²) in [6.45, 7) is 9.21. The van der Waals surface area contributed by atoms with E-state index in [9.17, 15) is 15.3 Å². The Morgan fingerprint density at radius 3 is 0.933 bits per heavy atom. The third-order valence-electron chi connectivity index (χ3n) is 11.7. The zero-order valence-electron chi connectivity index (χ0n) is 31.7. The molecule has 1 unspecified atom stereocenters. The number of hydrogen-bond donors (Lipinski definition) is 3. The summed E-state index contributed by atoms with van der Waals surface area (Å²) in [7, 11) is 0. The van der Waals surface area contributed by atoms with Crippen LogP contribution in [-0.4, -0.2) is 35.1 Å². The van der Waals surface area contributed by atoms with Gasteiger partial charge < -0.3 is 15.3 Å². The fourth-order valence-electron chi connectivity index (χ4n) is 8.37. The minimum Gasteiger partial charge on any atom is -0.396 e. The Morgan fingerprint density at radius 1 is 0.378 bits per heavy atom. The minimum absolute atomic E-state index is 0.00486. The van der Waals surface area contributed by atoms with Crippen molar-refractivity contribution in [2.24, 2.45) is 16.7 Å². The lowest BCUT2D eigenvalue weighted by Crippen LogP contribution is -2.53. The summed E-state index contributed by atoms with van der Waals surface area (Å²) in [4.78, 5) is 0. The van der Waals surface area contributed by atoms with Gasteiger partial charge in [0.1, 0.15) is 0 Å². The lowest BCUT2D eigenvalue weighted by atomic mass is 9.52. The maximum atomic E-state index is 11.1. The maximum absolute atomic E-state index is 11.1. The average Bonchev–Trinajstić information content (AvgIpc) is 3.06. The number of aliphatic hydroxyl groups is 3. The van der Waals surface area contributed by atoms with Crippen LogP contribution in [0.3, 0.4) is 0 Å². The van der Waals surface area contributed by atoms with Gasteiger partial charge in [-0.1, -0.05) is 207 Å². The highest BCUT2D eigenvalue weighted by atomic mass is 16.3. The third-order valence-corrected chi connectivity index (χ3v) is 11.7. The molecule has 0 rings (SSSR count). The first-order chi connectivity index (χ1) is 22.1. The van der Waals surface area contributed by atoms with Crippen molar-refractivity contribution in [3.8, 4) is 0 Å². The van der Waals surface area contributed by atoms with Gasteiger partial charge in [-0.25, -0.2) is 0 Å². The minimum atomic E-state index is -0.601.